The summed E-state index contributed by atoms with van der Waals surface area (Å²) < 4.78 is 4.62. The standard InChI is InChI=1S/C10H6N2O2/c1-6-2-7(4-11)3-8-9(6)12-5-14-10(8)13/h2-3,5H,1H3. The number of rotatable bonds is 0. The Morgan fingerprint density at radius 1 is 1.50 bits per heavy atom. The van der Waals surface area contributed by atoms with Crippen LogP contribution in [0.5, 0.6) is 0 Å². The fraction of sp³-hybridized carbons (Fsp3) is 0.100. The van der Waals surface area contributed by atoms with Crippen molar-refractivity contribution in [2.24, 2.45) is 0 Å². The molecule has 0 aliphatic carbocycles. The van der Waals surface area contributed by atoms with Crippen LogP contribution in [0.2, 0.25) is 0 Å². The lowest BCUT2D eigenvalue weighted by Gasteiger charge is -1.98. The lowest BCUT2D eigenvalue weighted by molar-refractivity contribution is 0.501. The molecule has 2 rings (SSSR count). The van der Waals surface area contributed by atoms with Crippen LogP contribution in [0.25, 0.3) is 10.9 Å². The van der Waals surface area contributed by atoms with E-state index in [1.54, 1.807) is 13.0 Å². The van der Waals surface area contributed by atoms with Crippen molar-refractivity contribution in [2.45, 2.75) is 6.92 Å². The van der Waals surface area contributed by atoms with Gasteiger partial charge in [0.1, 0.15) is 0 Å². The maximum Gasteiger partial charge on any atom is 0.346 e. The van der Waals surface area contributed by atoms with Crippen LogP contribution in [0.4, 0.5) is 0 Å². The topological polar surface area (TPSA) is 66.9 Å². The highest BCUT2D eigenvalue weighted by Crippen LogP contribution is 2.14. The lowest BCUT2D eigenvalue weighted by atomic mass is 10.1. The monoisotopic (exact) mass is 186 g/mol. The zero-order valence-corrected chi connectivity index (χ0v) is 7.44. The molecule has 4 nitrogen and oxygen atoms in total. The highest BCUT2D eigenvalue weighted by atomic mass is 16.4. The number of fused-ring (bicyclic) bond motifs is 1. The van der Waals surface area contributed by atoms with Crippen LogP contribution in [0.15, 0.2) is 27.7 Å². The van der Waals surface area contributed by atoms with Crippen molar-refractivity contribution >= 4 is 10.9 Å². The van der Waals surface area contributed by atoms with E-state index in [4.69, 9.17) is 5.26 Å². The number of aryl methyl sites for hydroxylation is 1. The molecule has 0 fully saturated rings. The van der Waals surface area contributed by atoms with E-state index >= 15 is 0 Å². The molecule has 0 bridgehead atoms. The highest BCUT2D eigenvalue weighted by molar-refractivity contribution is 5.81. The first-order chi connectivity index (χ1) is 6.72. The molecular weight excluding hydrogens is 180 g/mol. The molecule has 0 saturated heterocycles. The van der Waals surface area contributed by atoms with Crippen molar-refractivity contribution in [2.75, 3.05) is 0 Å². The Morgan fingerprint density at radius 3 is 3.00 bits per heavy atom. The number of nitriles is 1. The number of benzene rings is 1. The summed E-state index contributed by atoms with van der Waals surface area (Å²) in [6.07, 6.45) is 1.11. The number of hydrogen-bond donors (Lipinski definition) is 0. The zero-order chi connectivity index (χ0) is 10.1. The molecule has 4 heteroatoms. The molecule has 0 N–H and O–H groups in total. The molecule has 0 unspecified atom stereocenters. The van der Waals surface area contributed by atoms with Gasteiger partial charge in [-0.2, -0.15) is 5.26 Å². The first-order valence-electron chi connectivity index (χ1n) is 4.00. The first kappa shape index (κ1) is 8.45. The van der Waals surface area contributed by atoms with Crippen molar-refractivity contribution in [3.63, 3.8) is 0 Å². The van der Waals surface area contributed by atoms with Crippen LogP contribution in [0.1, 0.15) is 11.1 Å². The van der Waals surface area contributed by atoms with Crippen molar-refractivity contribution < 1.29 is 4.42 Å². The summed E-state index contributed by atoms with van der Waals surface area (Å²) in [5.41, 5.74) is 1.36. The normalized spacial score (nSPS) is 10.0. The molecule has 0 amide bonds. The second-order valence-corrected chi connectivity index (χ2v) is 2.94. The molecule has 0 aliphatic heterocycles. The van der Waals surface area contributed by atoms with Crippen LogP contribution >= 0.6 is 0 Å². The molecule has 2 aromatic rings. The summed E-state index contributed by atoms with van der Waals surface area (Å²) in [5.74, 6) is 0. The first-order valence-corrected chi connectivity index (χ1v) is 4.00. The summed E-state index contributed by atoms with van der Waals surface area (Å²) in [5, 5.41) is 9.06. The van der Waals surface area contributed by atoms with Gasteiger partial charge in [-0.1, -0.05) is 0 Å². The molecule has 0 aliphatic rings. The summed E-state index contributed by atoms with van der Waals surface area (Å²) in [4.78, 5) is 15.2. The Balaban J connectivity index is 3.00. The average Bonchev–Trinajstić information content (AvgIpc) is 2.19. The molecule has 0 saturated carbocycles. The van der Waals surface area contributed by atoms with Crippen molar-refractivity contribution in [1.82, 2.24) is 4.98 Å². The molecule has 1 heterocycles. The number of hydrogen-bond acceptors (Lipinski definition) is 4. The van der Waals surface area contributed by atoms with E-state index in [1.807, 2.05) is 6.07 Å². The molecule has 0 spiro atoms. The number of aromatic nitrogens is 1. The fourth-order valence-electron chi connectivity index (χ4n) is 1.36. The minimum Gasteiger partial charge on any atom is -0.411 e. The SMILES string of the molecule is Cc1cc(C#N)cc2c(=O)ocnc12. The second kappa shape index (κ2) is 2.96. The predicted molar refractivity (Wildman–Crippen MR) is 49.7 cm³/mol. The van der Waals surface area contributed by atoms with Crippen LogP contribution in [-0.4, -0.2) is 4.98 Å². The van der Waals surface area contributed by atoms with Gasteiger partial charge in [-0.25, -0.2) is 9.78 Å². The van der Waals surface area contributed by atoms with E-state index in [1.165, 1.54) is 6.07 Å². The van der Waals surface area contributed by atoms with Crippen LogP contribution in [0.3, 0.4) is 0 Å². The second-order valence-electron chi connectivity index (χ2n) is 2.94. The van der Waals surface area contributed by atoms with E-state index in [0.717, 1.165) is 12.0 Å². The summed E-state index contributed by atoms with van der Waals surface area (Å²) in [6, 6.07) is 5.16. The third-order valence-electron chi connectivity index (χ3n) is 1.99. The Bertz CT molecular complexity index is 593. The van der Waals surface area contributed by atoms with Gasteiger partial charge in [-0.3, -0.25) is 0 Å². The third-order valence-corrected chi connectivity index (χ3v) is 1.99. The van der Waals surface area contributed by atoms with Gasteiger partial charge < -0.3 is 4.42 Å². The minimum atomic E-state index is -0.463. The van der Waals surface area contributed by atoms with Crippen molar-refractivity contribution in [1.29, 1.82) is 5.26 Å². The summed E-state index contributed by atoms with van der Waals surface area (Å²) in [6.45, 7) is 1.80. The maximum absolute atomic E-state index is 11.3. The van der Waals surface area contributed by atoms with E-state index in [-0.39, 0.29) is 0 Å². The third kappa shape index (κ3) is 1.15. The van der Waals surface area contributed by atoms with Gasteiger partial charge in [0, 0.05) is 0 Å². The molecule has 1 aromatic heterocycles. The van der Waals surface area contributed by atoms with Crippen LogP contribution in [-0.2, 0) is 0 Å². The molecule has 1 aromatic carbocycles. The van der Waals surface area contributed by atoms with Gasteiger partial charge in [-0.15, -0.1) is 0 Å². The van der Waals surface area contributed by atoms with E-state index in [0.29, 0.717) is 16.5 Å². The molecule has 0 radical (unpaired) electrons. The Hall–Kier alpha value is -2.15. The van der Waals surface area contributed by atoms with Gasteiger partial charge in [0.15, 0.2) is 6.39 Å². The predicted octanol–water partition coefficient (Wildman–Crippen LogP) is 1.37. The largest absolute Gasteiger partial charge is 0.411 e. The summed E-state index contributed by atoms with van der Waals surface area (Å²) in [7, 11) is 0. The number of nitrogens with zero attached hydrogens (tertiary/aromatic N) is 2. The highest BCUT2D eigenvalue weighted by Gasteiger charge is 2.05. The van der Waals surface area contributed by atoms with Gasteiger partial charge >= 0.3 is 5.63 Å². The van der Waals surface area contributed by atoms with Gasteiger partial charge in [-0.05, 0) is 24.6 Å². The van der Waals surface area contributed by atoms with Gasteiger partial charge in [0.2, 0.25) is 0 Å². The van der Waals surface area contributed by atoms with Crippen molar-refractivity contribution in [3.8, 4) is 6.07 Å². The smallest absolute Gasteiger partial charge is 0.346 e. The van der Waals surface area contributed by atoms with Crippen LogP contribution < -0.4 is 5.63 Å². The fourth-order valence-corrected chi connectivity index (χ4v) is 1.36. The Labute approximate surface area is 79.4 Å². The quantitative estimate of drug-likeness (QED) is 0.623. The molecule has 14 heavy (non-hydrogen) atoms. The molecule has 68 valence electrons. The van der Waals surface area contributed by atoms with E-state index in [2.05, 4.69) is 9.40 Å². The van der Waals surface area contributed by atoms with Gasteiger partial charge in [0.05, 0.1) is 22.5 Å². The van der Waals surface area contributed by atoms with Crippen molar-refractivity contribution in [3.05, 3.63) is 40.1 Å². The molecule has 0 atom stereocenters. The minimum absolute atomic E-state index is 0.351. The Morgan fingerprint density at radius 2 is 2.29 bits per heavy atom. The average molecular weight is 186 g/mol. The molecular formula is C10H6N2O2. The zero-order valence-electron chi connectivity index (χ0n) is 7.44. The maximum atomic E-state index is 11.3. The Kier molecular flexibility index (Phi) is 1.79. The van der Waals surface area contributed by atoms with Crippen LogP contribution in [0, 0.1) is 18.3 Å². The van der Waals surface area contributed by atoms with E-state index < -0.39 is 5.63 Å². The lowest BCUT2D eigenvalue weighted by Crippen LogP contribution is -2.01. The summed E-state index contributed by atoms with van der Waals surface area (Å²) >= 11 is 0. The van der Waals surface area contributed by atoms with E-state index in [9.17, 15) is 4.79 Å². The van der Waals surface area contributed by atoms with Gasteiger partial charge in [0.25, 0.3) is 0 Å².